The lowest BCUT2D eigenvalue weighted by atomic mass is 10.2. The quantitative estimate of drug-likeness (QED) is 0.934. The van der Waals surface area contributed by atoms with Crippen LogP contribution in [0, 0.1) is 0 Å². The number of anilines is 1. The monoisotopic (exact) mass is 283 g/mol. The Morgan fingerprint density at radius 3 is 2.89 bits per heavy atom. The predicted octanol–water partition coefficient (Wildman–Crippen LogP) is 2.53. The fraction of sp³-hybridized carbons (Fsp3) is 0.182. The molecule has 18 heavy (non-hydrogen) atoms. The second kappa shape index (κ2) is 5.32. The maximum absolute atomic E-state index is 11.1. The summed E-state index contributed by atoms with van der Waals surface area (Å²) in [4.78, 5) is 13.8. The molecule has 0 amide bonds. The van der Waals surface area contributed by atoms with E-state index in [4.69, 9.17) is 16.7 Å². The molecular weight excluding hydrogens is 274 g/mol. The largest absolute Gasteiger partial charge is 0.478 e. The average Bonchev–Trinajstić information content (AvgIpc) is 2.74. The normalized spacial score (nSPS) is 10.3. The highest BCUT2D eigenvalue weighted by molar-refractivity contribution is 7.16. The van der Waals surface area contributed by atoms with Crippen molar-refractivity contribution in [2.45, 2.75) is 6.54 Å². The topological polar surface area (TPSA) is 66.3 Å². The molecule has 0 fully saturated rings. The second-order valence-electron chi connectivity index (χ2n) is 3.64. The molecule has 0 aromatic carbocycles. The second-order valence-corrected chi connectivity index (χ2v) is 5.44. The number of hydrogen-bond donors (Lipinski definition) is 1. The number of aromatic carboxylic acids is 1. The fourth-order valence-electron chi connectivity index (χ4n) is 1.52. The minimum atomic E-state index is -1.02. The average molecular weight is 284 g/mol. The molecule has 5 nitrogen and oxygen atoms in total. The van der Waals surface area contributed by atoms with E-state index in [0.29, 0.717) is 16.7 Å². The number of nitrogens with zero attached hydrogens (tertiary/aromatic N) is 3. The van der Waals surface area contributed by atoms with Gasteiger partial charge < -0.3 is 10.0 Å². The van der Waals surface area contributed by atoms with Crippen molar-refractivity contribution < 1.29 is 9.90 Å². The molecule has 0 aliphatic heterocycles. The van der Waals surface area contributed by atoms with E-state index in [1.54, 1.807) is 11.9 Å². The van der Waals surface area contributed by atoms with E-state index in [1.165, 1.54) is 23.6 Å². The van der Waals surface area contributed by atoms with Gasteiger partial charge in [0.05, 0.1) is 17.1 Å². The number of carboxylic acid groups (broad SMARTS) is 1. The van der Waals surface area contributed by atoms with Gasteiger partial charge in [-0.15, -0.1) is 16.4 Å². The summed E-state index contributed by atoms with van der Waals surface area (Å²) in [7, 11) is 1.77. The molecule has 0 saturated heterocycles. The zero-order valence-corrected chi connectivity index (χ0v) is 11.1. The molecule has 2 aromatic rings. The van der Waals surface area contributed by atoms with Crippen LogP contribution in [-0.2, 0) is 6.54 Å². The van der Waals surface area contributed by atoms with E-state index in [-0.39, 0.29) is 5.56 Å². The smallest absolute Gasteiger partial charge is 0.339 e. The van der Waals surface area contributed by atoms with Crippen LogP contribution in [0.25, 0.3) is 0 Å². The Kier molecular flexibility index (Phi) is 3.78. The van der Waals surface area contributed by atoms with Crippen LogP contribution < -0.4 is 4.90 Å². The standard InChI is InChI=1S/C11H10ClN3O2S/c1-15(6-7-2-3-9(12)18-7)10-8(11(16)17)4-5-13-14-10/h2-5H,6H2,1H3,(H,16,17). The molecule has 94 valence electrons. The van der Waals surface area contributed by atoms with Gasteiger partial charge >= 0.3 is 5.97 Å². The number of carbonyl (C=O) groups is 1. The van der Waals surface area contributed by atoms with Crippen LogP contribution in [0.2, 0.25) is 4.34 Å². The maximum atomic E-state index is 11.1. The summed E-state index contributed by atoms with van der Waals surface area (Å²) >= 11 is 7.30. The number of hydrogen-bond acceptors (Lipinski definition) is 5. The molecular formula is C11H10ClN3O2S. The summed E-state index contributed by atoms with van der Waals surface area (Å²) < 4.78 is 0.705. The van der Waals surface area contributed by atoms with Gasteiger partial charge in [0, 0.05) is 11.9 Å². The van der Waals surface area contributed by atoms with Crippen molar-refractivity contribution in [2.24, 2.45) is 0 Å². The van der Waals surface area contributed by atoms with Crippen LogP contribution in [0.5, 0.6) is 0 Å². The molecule has 2 aromatic heterocycles. The van der Waals surface area contributed by atoms with E-state index < -0.39 is 5.97 Å². The molecule has 0 atom stereocenters. The van der Waals surface area contributed by atoms with Gasteiger partial charge in [0.15, 0.2) is 5.82 Å². The zero-order valence-electron chi connectivity index (χ0n) is 9.50. The third-order valence-electron chi connectivity index (χ3n) is 2.32. The van der Waals surface area contributed by atoms with Crippen LogP contribution in [0.15, 0.2) is 24.4 Å². The lowest BCUT2D eigenvalue weighted by Crippen LogP contribution is -2.20. The predicted molar refractivity (Wildman–Crippen MR) is 70.4 cm³/mol. The van der Waals surface area contributed by atoms with Gasteiger partial charge in [0.25, 0.3) is 0 Å². The van der Waals surface area contributed by atoms with Crippen LogP contribution >= 0.6 is 22.9 Å². The molecule has 0 bridgehead atoms. The van der Waals surface area contributed by atoms with E-state index in [0.717, 1.165) is 4.88 Å². The van der Waals surface area contributed by atoms with Crippen LogP contribution in [0.3, 0.4) is 0 Å². The molecule has 0 spiro atoms. The highest BCUT2D eigenvalue weighted by atomic mass is 35.5. The Hall–Kier alpha value is -1.66. The molecule has 0 radical (unpaired) electrons. The summed E-state index contributed by atoms with van der Waals surface area (Å²) in [6.07, 6.45) is 1.36. The van der Waals surface area contributed by atoms with E-state index >= 15 is 0 Å². The lowest BCUT2D eigenvalue weighted by molar-refractivity contribution is 0.0697. The Balaban J connectivity index is 2.23. The third kappa shape index (κ3) is 2.77. The number of rotatable bonds is 4. The molecule has 0 saturated carbocycles. The number of aromatic nitrogens is 2. The maximum Gasteiger partial charge on any atom is 0.339 e. The van der Waals surface area contributed by atoms with Gasteiger partial charge in [-0.05, 0) is 18.2 Å². The fourth-order valence-corrected chi connectivity index (χ4v) is 2.66. The zero-order chi connectivity index (χ0) is 13.1. The molecule has 7 heteroatoms. The molecule has 0 aliphatic carbocycles. The van der Waals surface area contributed by atoms with Crippen molar-refractivity contribution in [3.8, 4) is 0 Å². The first-order valence-corrected chi connectivity index (χ1v) is 6.27. The van der Waals surface area contributed by atoms with Gasteiger partial charge in [-0.1, -0.05) is 11.6 Å². The summed E-state index contributed by atoms with van der Waals surface area (Å²) in [5, 5.41) is 16.7. The Labute approximate surface area is 113 Å². The Morgan fingerprint density at radius 2 is 2.28 bits per heavy atom. The molecule has 2 heterocycles. The number of carboxylic acids is 1. The molecule has 0 unspecified atom stereocenters. The van der Waals surface area contributed by atoms with Gasteiger partial charge in [0.2, 0.25) is 0 Å². The Morgan fingerprint density at radius 1 is 1.50 bits per heavy atom. The molecule has 2 rings (SSSR count). The van der Waals surface area contributed by atoms with E-state index in [1.807, 2.05) is 12.1 Å². The van der Waals surface area contributed by atoms with Crippen molar-refractivity contribution in [3.63, 3.8) is 0 Å². The summed E-state index contributed by atoms with van der Waals surface area (Å²) in [5.41, 5.74) is 0.134. The van der Waals surface area contributed by atoms with E-state index in [2.05, 4.69) is 10.2 Å². The van der Waals surface area contributed by atoms with Crippen LogP contribution in [0.4, 0.5) is 5.82 Å². The van der Waals surface area contributed by atoms with Crippen molar-refractivity contribution in [2.75, 3.05) is 11.9 Å². The van der Waals surface area contributed by atoms with Crippen molar-refractivity contribution >= 4 is 34.7 Å². The minimum Gasteiger partial charge on any atom is -0.478 e. The first-order chi connectivity index (χ1) is 8.58. The van der Waals surface area contributed by atoms with Gasteiger partial charge in [-0.25, -0.2) is 4.79 Å². The van der Waals surface area contributed by atoms with Gasteiger partial charge in [0.1, 0.15) is 5.56 Å². The SMILES string of the molecule is CN(Cc1ccc(Cl)s1)c1nnccc1C(=O)O. The summed E-state index contributed by atoms with van der Waals surface area (Å²) in [5.74, 6) is -0.675. The molecule has 0 aliphatic rings. The van der Waals surface area contributed by atoms with Crippen LogP contribution in [-0.4, -0.2) is 28.3 Å². The lowest BCUT2D eigenvalue weighted by Gasteiger charge is -2.17. The summed E-state index contributed by atoms with van der Waals surface area (Å²) in [6, 6.07) is 5.15. The van der Waals surface area contributed by atoms with Crippen molar-refractivity contribution in [1.82, 2.24) is 10.2 Å². The van der Waals surface area contributed by atoms with Gasteiger partial charge in [-0.3, -0.25) is 0 Å². The van der Waals surface area contributed by atoms with Crippen molar-refractivity contribution in [1.29, 1.82) is 0 Å². The van der Waals surface area contributed by atoms with E-state index in [9.17, 15) is 4.79 Å². The van der Waals surface area contributed by atoms with Crippen molar-refractivity contribution in [3.05, 3.63) is 39.2 Å². The third-order valence-corrected chi connectivity index (χ3v) is 3.53. The first-order valence-electron chi connectivity index (χ1n) is 5.08. The number of thiophene rings is 1. The number of halogens is 1. The molecule has 1 N–H and O–H groups in total. The van der Waals surface area contributed by atoms with Gasteiger partial charge in [-0.2, -0.15) is 5.10 Å². The minimum absolute atomic E-state index is 0.134. The summed E-state index contributed by atoms with van der Waals surface area (Å²) in [6.45, 7) is 0.538. The Bertz CT molecular complexity index is 573. The first kappa shape index (κ1) is 12.8. The highest BCUT2D eigenvalue weighted by Crippen LogP contribution is 2.24. The highest BCUT2D eigenvalue weighted by Gasteiger charge is 2.15. The van der Waals surface area contributed by atoms with Crippen LogP contribution in [0.1, 0.15) is 15.2 Å².